The second-order valence-electron chi connectivity index (χ2n) is 3.09. The third kappa shape index (κ3) is 0.786. The van der Waals surface area contributed by atoms with Crippen LogP contribution in [-0.4, -0.2) is 6.79 Å². The van der Waals surface area contributed by atoms with Gasteiger partial charge >= 0.3 is 0 Å². The second kappa shape index (κ2) is 2.19. The summed E-state index contributed by atoms with van der Waals surface area (Å²) in [5.41, 5.74) is 1.93. The molecule has 0 atom stereocenters. The maximum Gasteiger partial charge on any atom is 0.231 e. The zero-order valence-corrected chi connectivity index (χ0v) is 7.16. The van der Waals surface area contributed by atoms with Gasteiger partial charge in [-0.15, -0.1) is 0 Å². The Morgan fingerprint density at radius 1 is 1.23 bits per heavy atom. The summed E-state index contributed by atoms with van der Waals surface area (Å²) < 4.78 is 16.0. The molecule has 13 heavy (non-hydrogen) atoms. The number of rotatable bonds is 0. The first-order valence-corrected chi connectivity index (χ1v) is 4.12. The van der Waals surface area contributed by atoms with E-state index >= 15 is 0 Å². The molecule has 3 nitrogen and oxygen atoms in total. The van der Waals surface area contributed by atoms with Gasteiger partial charge in [-0.2, -0.15) is 0 Å². The minimum Gasteiger partial charge on any atom is -0.464 e. The van der Waals surface area contributed by atoms with Crippen molar-refractivity contribution in [1.82, 2.24) is 0 Å². The Balaban J connectivity index is 2.47. The fraction of sp³-hybridized carbons (Fsp3) is 0.200. The SMILES string of the molecule is Cc1coc2ccc3c(c12)OCO3. The number of aryl methyl sites for hydroxylation is 1. The molecule has 0 saturated heterocycles. The predicted molar refractivity (Wildman–Crippen MR) is 47.1 cm³/mol. The highest BCUT2D eigenvalue weighted by Crippen LogP contribution is 2.41. The number of benzene rings is 1. The van der Waals surface area contributed by atoms with E-state index in [-0.39, 0.29) is 0 Å². The van der Waals surface area contributed by atoms with Crippen LogP contribution in [0.3, 0.4) is 0 Å². The van der Waals surface area contributed by atoms with Crippen molar-refractivity contribution in [2.75, 3.05) is 6.79 Å². The lowest BCUT2D eigenvalue weighted by Crippen LogP contribution is -1.93. The van der Waals surface area contributed by atoms with Crippen molar-refractivity contribution in [3.63, 3.8) is 0 Å². The molecule has 2 aromatic rings. The molecule has 1 aliphatic rings. The van der Waals surface area contributed by atoms with Crippen LogP contribution in [-0.2, 0) is 0 Å². The van der Waals surface area contributed by atoms with Crippen LogP contribution in [0, 0.1) is 6.92 Å². The lowest BCUT2D eigenvalue weighted by atomic mass is 10.1. The lowest BCUT2D eigenvalue weighted by molar-refractivity contribution is 0.175. The summed E-state index contributed by atoms with van der Waals surface area (Å²) in [5.74, 6) is 1.61. The first-order chi connectivity index (χ1) is 6.36. The van der Waals surface area contributed by atoms with E-state index in [0.29, 0.717) is 6.79 Å². The van der Waals surface area contributed by atoms with Crippen molar-refractivity contribution in [1.29, 1.82) is 0 Å². The molecule has 0 amide bonds. The largest absolute Gasteiger partial charge is 0.464 e. The van der Waals surface area contributed by atoms with E-state index in [1.54, 1.807) is 6.26 Å². The Bertz CT molecular complexity index is 470. The molecule has 1 aliphatic heterocycles. The Labute approximate surface area is 74.9 Å². The van der Waals surface area contributed by atoms with E-state index in [1.165, 1.54) is 0 Å². The van der Waals surface area contributed by atoms with Gasteiger partial charge in [0.1, 0.15) is 5.58 Å². The van der Waals surface area contributed by atoms with Crippen molar-refractivity contribution in [2.45, 2.75) is 6.92 Å². The van der Waals surface area contributed by atoms with Crippen LogP contribution >= 0.6 is 0 Å². The zero-order valence-electron chi connectivity index (χ0n) is 7.16. The molecule has 0 radical (unpaired) electrons. The van der Waals surface area contributed by atoms with Gasteiger partial charge in [-0.3, -0.25) is 0 Å². The molecular formula is C10H8O3. The molecule has 1 aromatic heterocycles. The van der Waals surface area contributed by atoms with Gasteiger partial charge in [-0.25, -0.2) is 0 Å². The summed E-state index contributed by atoms with van der Waals surface area (Å²) in [5, 5.41) is 1.02. The van der Waals surface area contributed by atoms with Gasteiger partial charge in [0.2, 0.25) is 6.79 Å². The molecule has 0 spiro atoms. The van der Waals surface area contributed by atoms with E-state index in [2.05, 4.69) is 0 Å². The number of furan rings is 1. The number of hydrogen-bond acceptors (Lipinski definition) is 3. The number of ether oxygens (including phenoxy) is 2. The molecule has 0 aliphatic carbocycles. The highest BCUT2D eigenvalue weighted by molar-refractivity contribution is 5.90. The van der Waals surface area contributed by atoms with E-state index in [4.69, 9.17) is 13.9 Å². The maximum absolute atomic E-state index is 5.37. The van der Waals surface area contributed by atoms with Crippen LogP contribution in [0.15, 0.2) is 22.8 Å². The first-order valence-electron chi connectivity index (χ1n) is 4.12. The van der Waals surface area contributed by atoms with E-state index in [1.807, 2.05) is 19.1 Å². The average molecular weight is 176 g/mol. The van der Waals surface area contributed by atoms with Crippen LogP contribution in [0.2, 0.25) is 0 Å². The predicted octanol–water partition coefficient (Wildman–Crippen LogP) is 2.47. The van der Waals surface area contributed by atoms with Crippen molar-refractivity contribution in [3.05, 3.63) is 24.0 Å². The van der Waals surface area contributed by atoms with Crippen LogP contribution in [0.5, 0.6) is 11.5 Å². The summed E-state index contributed by atoms with van der Waals surface area (Å²) >= 11 is 0. The van der Waals surface area contributed by atoms with Gasteiger partial charge < -0.3 is 13.9 Å². The van der Waals surface area contributed by atoms with Gasteiger partial charge in [0.15, 0.2) is 11.5 Å². The van der Waals surface area contributed by atoms with E-state index < -0.39 is 0 Å². The van der Waals surface area contributed by atoms with Crippen LogP contribution in [0.25, 0.3) is 11.0 Å². The lowest BCUT2D eigenvalue weighted by Gasteiger charge is -1.96. The molecule has 0 unspecified atom stereocenters. The highest BCUT2D eigenvalue weighted by Gasteiger charge is 2.19. The molecule has 1 aromatic carbocycles. The normalized spacial score (nSPS) is 13.9. The molecule has 2 heterocycles. The summed E-state index contributed by atoms with van der Waals surface area (Å²) in [7, 11) is 0. The monoisotopic (exact) mass is 176 g/mol. The second-order valence-corrected chi connectivity index (χ2v) is 3.09. The first kappa shape index (κ1) is 6.83. The van der Waals surface area contributed by atoms with Gasteiger partial charge in [0, 0.05) is 0 Å². The van der Waals surface area contributed by atoms with Crippen LogP contribution in [0.1, 0.15) is 5.56 Å². The van der Waals surface area contributed by atoms with E-state index in [9.17, 15) is 0 Å². The van der Waals surface area contributed by atoms with Crippen molar-refractivity contribution in [2.24, 2.45) is 0 Å². The number of fused-ring (bicyclic) bond motifs is 3. The Kier molecular flexibility index (Phi) is 1.15. The van der Waals surface area contributed by atoms with Crippen molar-refractivity contribution < 1.29 is 13.9 Å². The smallest absolute Gasteiger partial charge is 0.231 e. The molecule has 0 saturated carbocycles. The minimum atomic E-state index is 0.305. The van der Waals surface area contributed by atoms with Crippen LogP contribution in [0.4, 0.5) is 0 Å². The Morgan fingerprint density at radius 3 is 3.08 bits per heavy atom. The van der Waals surface area contributed by atoms with Gasteiger partial charge in [-0.1, -0.05) is 0 Å². The highest BCUT2D eigenvalue weighted by atomic mass is 16.7. The molecular weight excluding hydrogens is 168 g/mol. The summed E-state index contributed by atoms with van der Waals surface area (Å²) in [6.45, 7) is 2.30. The fourth-order valence-electron chi connectivity index (χ4n) is 1.64. The maximum atomic E-state index is 5.37. The van der Waals surface area contributed by atoms with Crippen molar-refractivity contribution >= 4 is 11.0 Å². The Hall–Kier alpha value is -1.64. The van der Waals surface area contributed by atoms with E-state index in [0.717, 1.165) is 28.0 Å². The molecule has 0 bridgehead atoms. The third-order valence-electron chi connectivity index (χ3n) is 2.26. The molecule has 3 heteroatoms. The summed E-state index contributed by atoms with van der Waals surface area (Å²) in [6, 6.07) is 3.77. The van der Waals surface area contributed by atoms with Crippen LogP contribution < -0.4 is 9.47 Å². The standard InChI is InChI=1S/C10H8O3/c1-6-4-11-7-2-3-8-10(9(6)7)13-5-12-8/h2-4H,5H2,1H3. The molecule has 66 valence electrons. The molecule has 0 N–H and O–H groups in total. The Morgan fingerprint density at radius 2 is 2.15 bits per heavy atom. The topological polar surface area (TPSA) is 31.6 Å². The summed E-state index contributed by atoms with van der Waals surface area (Å²) in [6.07, 6.45) is 1.73. The van der Waals surface area contributed by atoms with Gasteiger partial charge in [0.25, 0.3) is 0 Å². The average Bonchev–Trinajstić information content (AvgIpc) is 2.70. The van der Waals surface area contributed by atoms with Gasteiger partial charge in [0.05, 0.1) is 11.6 Å². The fourth-order valence-corrected chi connectivity index (χ4v) is 1.64. The zero-order chi connectivity index (χ0) is 8.84. The third-order valence-corrected chi connectivity index (χ3v) is 2.26. The number of hydrogen-bond donors (Lipinski definition) is 0. The van der Waals surface area contributed by atoms with Gasteiger partial charge in [-0.05, 0) is 24.6 Å². The van der Waals surface area contributed by atoms with Crippen molar-refractivity contribution in [3.8, 4) is 11.5 Å². The quantitative estimate of drug-likeness (QED) is 0.617. The summed E-state index contributed by atoms with van der Waals surface area (Å²) in [4.78, 5) is 0. The molecule has 0 fully saturated rings. The molecule has 3 rings (SSSR count). The minimum absolute atomic E-state index is 0.305.